The van der Waals surface area contributed by atoms with Crippen molar-refractivity contribution >= 4 is 11.7 Å². The van der Waals surface area contributed by atoms with Gasteiger partial charge in [-0.05, 0) is 44.0 Å². The number of aryl methyl sites for hydroxylation is 1. The Morgan fingerprint density at radius 3 is 2.75 bits per heavy atom. The van der Waals surface area contributed by atoms with Crippen LogP contribution in [0.15, 0.2) is 47.0 Å². The predicted molar refractivity (Wildman–Crippen MR) is 98.5 cm³/mol. The highest BCUT2D eigenvalue weighted by atomic mass is 19.1. The Balaban J connectivity index is 1.53. The molecule has 0 radical (unpaired) electrons. The van der Waals surface area contributed by atoms with Crippen molar-refractivity contribution in [3.8, 4) is 11.4 Å². The van der Waals surface area contributed by atoms with E-state index in [-0.39, 0.29) is 23.3 Å². The Hall–Kier alpha value is -3.29. The number of anilines is 1. The molecule has 1 atom stereocenters. The van der Waals surface area contributed by atoms with Gasteiger partial charge in [0.05, 0.1) is 5.56 Å². The number of likely N-dealkylation sites (tertiary alicyclic amines) is 1. The molecule has 1 aromatic heterocycles. The summed E-state index contributed by atoms with van der Waals surface area (Å²) in [6.07, 6.45) is 1.45. The van der Waals surface area contributed by atoms with Crippen molar-refractivity contribution in [1.82, 2.24) is 15.0 Å². The summed E-state index contributed by atoms with van der Waals surface area (Å²) in [5.41, 5.74) is 1.84. The number of urea groups is 1. The number of carbonyl (C=O) groups is 1. The molecule has 144 valence electrons. The lowest BCUT2D eigenvalue weighted by Gasteiger charge is -2.22. The normalized spacial score (nSPS) is 16.4. The van der Waals surface area contributed by atoms with E-state index in [4.69, 9.17) is 4.52 Å². The van der Waals surface area contributed by atoms with Crippen LogP contribution in [0.1, 0.15) is 30.3 Å². The van der Waals surface area contributed by atoms with Gasteiger partial charge in [-0.2, -0.15) is 4.98 Å². The molecule has 0 aliphatic carbocycles. The molecule has 2 amide bonds. The molecule has 0 unspecified atom stereocenters. The first kappa shape index (κ1) is 18.1. The fourth-order valence-corrected chi connectivity index (χ4v) is 3.25. The van der Waals surface area contributed by atoms with Crippen molar-refractivity contribution in [2.45, 2.75) is 25.8 Å². The zero-order valence-electron chi connectivity index (χ0n) is 15.2. The third-order valence-corrected chi connectivity index (χ3v) is 4.72. The summed E-state index contributed by atoms with van der Waals surface area (Å²) in [4.78, 5) is 18.5. The average Bonchev–Trinajstić information content (AvgIpc) is 3.32. The predicted octanol–water partition coefficient (Wildman–Crippen LogP) is 4.69. The van der Waals surface area contributed by atoms with Gasteiger partial charge in [-0.1, -0.05) is 22.9 Å². The Morgan fingerprint density at radius 2 is 2.00 bits per heavy atom. The molecule has 1 aliphatic heterocycles. The molecule has 1 aliphatic rings. The molecule has 0 saturated carbocycles. The van der Waals surface area contributed by atoms with E-state index in [0.717, 1.165) is 24.1 Å². The third kappa shape index (κ3) is 3.58. The number of nitrogens with one attached hydrogen (secondary N) is 1. The molecule has 0 bridgehead atoms. The standard InChI is InChI=1S/C20H18F2N4O2/c1-12-4-7-14(8-5-12)23-20(27)26-10-2-3-17(26)19-24-18(25-28-19)15-9-6-13(21)11-16(15)22/h4-9,11,17H,2-3,10H2,1H3,(H,23,27)/t17-/m1/s1. The molecule has 2 heterocycles. The monoisotopic (exact) mass is 384 g/mol. The van der Waals surface area contributed by atoms with Crippen molar-refractivity contribution < 1.29 is 18.1 Å². The number of halogens is 2. The number of carbonyl (C=O) groups excluding carboxylic acids is 1. The Kier molecular flexibility index (Phi) is 4.77. The van der Waals surface area contributed by atoms with Gasteiger partial charge in [0.25, 0.3) is 0 Å². The summed E-state index contributed by atoms with van der Waals surface area (Å²) in [6, 6.07) is 10.00. The van der Waals surface area contributed by atoms with Crippen molar-refractivity contribution in [3.63, 3.8) is 0 Å². The van der Waals surface area contributed by atoms with Crippen molar-refractivity contribution in [1.29, 1.82) is 0 Å². The number of hydrogen-bond donors (Lipinski definition) is 1. The van der Waals surface area contributed by atoms with Gasteiger partial charge in [0.15, 0.2) is 0 Å². The zero-order valence-corrected chi connectivity index (χ0v) is 15.2. The van der Waals surface area contributed by atoms with Gasteiger partial charge in [0.2, 0.25) is 11.7 Å². The molecule has 4 rings (SSSR count). The Bertz CT molecular complexity index is 1000. The molecule has 6 nitrogen and oxygen atoms in total. The average molecular weight is 384 g/mol. The van der Waals surface area contributed by atoms with Crippen LogP contribution in [0.4, 0.5) is 19.3 Å². The van der Waals surface area contributed by atoms with E-state index in [9.17, 15) is 13.6 Å². The number of amides is 2. The number of rotatable bonds is 3. The van der Waals surface area contributed by atoms with E-state index in [1.54, 1.807) is 4.90 Å². The summed E-state index contributed by atoms with van der Waals surface area (Å²) in [5.74, 6) is -1.19. The SMILES string of the molecule is Cc1ccc(NC(=O)N2CCC[C@@H]2c2nc(-c3ccc(F)cc3F)no2)cc1. The quantitative estimate of drug-likeness (QED) is 0.711. The summed E-state index contributed by atoms with van der Waals surface area (Å²) < 4.78 is 32.4. The van der Waals surface area contributed by atoms with E-state index in [0.29, 0.717) is 18.7 Å². The van der Waals surface area contributed by atoms with Gasteiger partial charge >= 0.3 is 6.03 Å². The number of benzene rings is 2. The van der Waals surface area contributed by atoms with E-state index >= 15 is 0 Å². The first-order valence-corrected chi connectivity index (χ1v) is 8.94. The molecule has 1 N–H and O–H groups in total. The Morgan fingerprint density at radius 1 is 1.21 bits per heavy atom. The lowest BCUT2D eigenvalue weighted by atomic mass is 10.2. The second-order valence-corrected chi connectivity index (χ2v) is 6.73. The number of nitrogens with zero attached hydrogens (tertiary/aromatic N) is 3. The largest absolute Gasteiger partial charge is 0.337 e. The summed E-state index contributed by atoms with van der Waals surface area (Å²) in [7, 11) is 0. The van der Waals surface area contributed by atoms with Crippen molar-refractivity contribution in [3.05, 3.63) is 65.6 Å². The van der Waals surface area contributed by atoms with Gasteiger partial charge < -0.3 is 14.7 Å². The first-order valence-electron chi connectivity index (χ1n) is 8.94. The highest BCUT2D eigenvalue weighted by Gasteiger charge is 2.34. The fourth-order valence-electron chi connectivity index (χ4n) is 3.25. The van der Waals surface area contributed by atoms with Crippen LogP contribution in [0, 0.1) is 18.6 Å². The van der Waals surface area contributed by atoms with Gasteiger partial charge in [0, 0.05) is 18.3 Å². The number of hydrogen-bond acceptors (Lipinski definition) is 4. The molecule has 1 fully saturated rings. The maximum Gasteiger partial charge on any atom is 0.322 e. The minimum absolute atomic E-state index is 0.0262. The van der Waals surface area contributed by atoms with Crippen LogP contribution >= 0.6 is 0 Å². The van der Waals surface area contributed by atoms with Crippen LogP contribution in [0.25, 0.3) is 11.4 Å². The van der Waals surface area contributed by atoms with Gasteiger partial charge in [-0.25, -0.2) is 13.6 Å². The summed E-state index contributed by atoms with van der Waals surface area (Å²) in [5, 5.41) is 6.66. The molecule has 2 aromatic carbocycles. The summed E-state index contributed by atoms with van der Waals surface area (Å²) in [6.45, 7) is 2.52. The maximum atomic E-state index is 14.0. The number of aromatic nitrogens is 2. The van der Waals surface area contributed by atoms with E-state index in [1.165, 1.54) is 6.07 Å². The molecule has 3 aromatic rings. The second-order valence-electron chi connectivity index (χ2n) is 6.73. The minimum atomic E-state index is -0.771. The van der Waals surface area contributed by atoms with Gasteiger partial charge in [0.1, 0.15) is 17.7 Å². The fraction of sp³-hybridized carbons (Fsp3) is 0.250. The van der Waals surface area contributed by atoms with Crippen molar-refractivity contribution in [2.24, 2.45) is 0 Å². The first-order chi connectivity index (χ1) is 13.5. The van der Waals surface area contributed by atoms with E-state index < -0.39 is 17.7 Å². The van der Waals surface area contributed by atoms with Crippen LogP contribution in [0.2, 0.25) is 0 Å². The van der Waals surface area contributed by atoms with E-state index in [2.05, 4.69) is 15.5 Å². The molecule has 0 spiro atoms. The minimum Gasteiger partial charge on any atom is -0.337 e. The lowest BCUT2D eigenvalue weighted by Crippen LogP contribution is -2.34. The highest BCUT2D eigenvalue weighted by molar-refractivity contribution is 5.89. The smallest absolute Gasteiger partial charge is 0.322 e. The second kappa shape index (κ2) is 7.38. The van der Waals surface area contributed by atoms with Crippen LogP contribution in [-0.2, 0) is 0 Å². The maximum absolute atomic E-state index is 14.0. The molecule has 8 heteroatoms. The van der Waals surface area contributed by atoms with Crippen LogP contribution in [-0.4, -0.2) is 27.6 Å². The molecule has 28 heavy (non-hydrogen) atoms. The molecular formula is C20H18F2N4O2. The van der Waals surface area contributed by atoms with Crippen LogP contribution in [0.3, 0.4) is 0 Å². The Labute approximate surface area is 160 Å². The van der Waals surface area contributed by atoms with Gasteiger partial charge in [-0.3, -0.25) is 0 Å². The highest BCUT2D eigenvalue weighted by Crippen LogP contribution is 2.33. The zero-order chi connectivity index (χ0) is 19.7. The van der Waals surface area contributed by atoms with Crippen molar-refractivity contribution in [2.75, 3.05) is 11.9 Å². The topological polar surface area (TPSA) is 71.3 Å². The summed E-state index contributed by atoms with van der Waals surface area (Å²) >= 11 is 0. The van der Waals surface area contributed by atoms with E-state index in [1.807, 2.05) is 31.2 Å². The lowest BCUT2D eigenvalue weighted by molar-refractivity contribution is 0.193. The molecule has 1 saturated heterocycles. The van der Waals surface area contributed by atoms with Crippen LogP contribution in [0.5, 0.6) is 0 Å². The van der Waals surface area contributed by atoms with Crippen LogP contribution < -0.4 is 5.32 Å². The molecular weight excluding hydrogens is 366 g/mol. The third-order valence-electron chi connectivity index (χ3n) is 4.72. The van der Waals surface area contributed by atoms with Gasteiger partial charge in [-0.15, -0.1) is 0 Å².